The van der Waals surface area contributed by atoms with Gasteiger partial charge in [0, 0.05) is 31.9 Å². The molecule has 2 aromatic carbocycles. The number of hydrogen-bond acceptors (Lipinski definition) is 7. The van der Waals surface area contributed by atoms with Crippen LogP contribution < -0.4 is 10.1 Å². The molecule has 1 N–H and O–H groups in total. The summed E-state index contributed by atoms with van der Waals surface area (Å²) in [5.74, 6) is 0.845. The van der Waals surface area contributed by atoms with E-state index >= 15 is 0 Å². The Balaban J connectivity index is 1.73. The summed E-state index contributed by atoms with van der Waals surface area (Å²) in [5, 5.41) is 3.70. The largest absolute Gasteiger partial charge is 0.491 e. The molecule has 40 heavy (non-hydrogen) atoms. The third-order valence-electron chi connectivity index (χ3n) is 7.62. The van der Waals surface area contributed by atoms with E-state index in [1.807, 2.05) is 65.1 Å². The lowest BCUT2D eigenvalue weighted by atomic mass is 9.81. The van der Waals surface area contributed by atoms with Gasteiger partial charge in [-0.1, -0.05) is 12.1 Å². The number of amides is 1. The number of nitrogens with one attached hydrogen (secondary N) is 1. The molecule has 1 unspecified atom stereocenters. The van der Waals surface area contributed by atoms with Crippen LogP contribution in [0.5, 0.6) is 5.75 Å². The van der Waals surface area contributed by atoms with Gasteiger partial charge in [0.05, 0.1) is 19.3 Å². The summed E-state index contributed by atoms with van der Waals surface area (Å²) in [6.07, 6.45) is 3.59. The Morgan fingerprint density at radius 1 is 1.00 bits per heavy atom. The van der Waals surface area contributed by atoms with Gasteiger partial charge in [0.15, 0.2) is 0 Å². The number of rotatable bonds is 10. The van der Waals surface area contributed by atoms with E-state index in [0.717, 1.165) is 53.8 Å². The second kappa shape index (κ2) is 13.9. The molecule has 220 valence electrons. The molecule has 0 heterocycles. The van der Waals surface area contributed by atoms with Gasteiger partial charge >= 0.3 is 12.1 Å². The average Bonchev–Trinajstić information content (AvgIpc) is 2.93. The Hall–Kier alpha value is -3.26. The zero-order valence-electron chi connectivity index (χ0n) is 25.3. The fourth-order valence-electron chi connectivity index (χ4n) is 5.17. The number of benzene rings is 2. The lowest BCUT2D eigenvalue weighted by Gasteiger charge is -2.37. The van der Waals surface area contributed by atoms with Crippen LogP contribution in [0.25, 0.3) is 11.1 Å². The summed E-state index contributed by atoms with van der Waals surface area (Å²) in [6, 6.07) is 12.2. The van der Waals surface area contributed by atoms with Gasteiger partial charge in [-0.15, -0.1) is 0 Å². The third kappa shape index (κ3) is 8.37. The molecule has 0 aliphatic heterocycles. The smallest absolute Gasteiger partial charge is 0.410 e. The number of esters is 1. The van der Waals surface area contributed by atoms with Crippen LogP contribution in [-0.2, 0) is 14.2 Å². The Morgan fingerprint density at radius 3 is 2.23 bits per heavy atom. The van der Waals surface area contributed by atoms with Crippen molar-refractivity contribution in [2.24, 2.45) is 5.92 Å². The van der Waals surface area contributed by atoms with Gasteiger partial charge in [-0.25, -0.2) is 9.59 Å². The lowest BCUT2D eigenvalue weighted by molar-refractivity contribution is 0.0170. The summed E-state index contributed by atoms with van der Waals surface area (Å²) in [7, 11) is 4.89. The summed E-state index contributed by atoms with van der Waals surface area (Å²) in [6.45, 7) is 10.8. The van der Waals surface area contributed by atoms with E-state index < -0.39 is 5.60 Å². The number of carbonyl (C=O) groups excluding carboxylic acids is 2. The van der Waals surface area contributed by atoms with Crippen LogP contribution in [0.1, 0.15) is 69.3 Å². The Morgan fingerprint density at radius 2 is 1.65 bits per heavy atom. The highest BCUT2D eigenvalue weighted by atomic mass is 16.6. The second-order valence-electron chi connectivity index (χ2n) is 11.6. The molecular formula is C32H46N2O6. The van der Waals surface area contributed by atoms with Gasteiger partial charge in [0.1, 0.15) is 18.0 Å². The van der Waals surface area contributed by atoms with Gasteiger partial charge < -0.3 is 29.2 Å². The van der Waals surface area contributed by atoms with Crippen LogP contribution in [-0.4, -0.2) is 69.1 Å². The maximum Gasteiger partial charge on any atom is 0.410 e. The van der Waals surface area contributed by atoms with Crippen molar-refractivity contribution in [3.63, 3.8) is 0 Å². The van der Waals surface area contributed by atoms with E-state index in [-0.39, 0.29) is 24.1 Å². The number of hydrogen-bond donors (Lipinski definition) is 1. The van der Waals surface area contributed by atoms with Crippen molar-refractivity contribution in [1.82, 2.24) is 4.90 Å². The predicted molar refractivity (Wildman–Crippen MR) is 158 cm³/mol. The molecule has 1 saturated carbocycles. The maximum atomic E-state index is 12.7. The topological polar surface area (TPSA) is 86.3 Å². The van der Waals surface area contributed by atoms with Crippen molar-refractivity contribution >= 4 is 17.7 Å². The van der Waals surface area contributed by atoms with Crippen molar-refractivity contribution in [2.45, 2.75) is 78.0 Å². The predicted octanol–water partition coefficient (Wildman–Crippen LogP) is 6.70. The first-order chi connectivity index (χ1) is 18.9. The standard InChI is InChI=1S/C32H46N2O6/c1-21-28(30(35)38-8)19-25(24-11-15-27(16-12-24)39-18-17-37-7)20-29(21)33-22(2)23-9-13-26(14-10-23)34(6)31(36)40-32(3,4)5/h11-12,15-16,19-20,22-23,26,33H,9-10,13-14,17-18H2,1-8H3/t22?,23-,26-. The summed E-state index contributed by atoms with van der Waals surface area (Å²) < 4.78 is 21.4. The maximum absolute atomic E-state index is 12.7. The van der Waals surface area contributed by atoms with Crippen LogP contribution in [0.4, 0.5) is 10.5 Å². The number of ether oxygens (including phenoxy) is 4. The molecule has 8 nitrogen and oxygen atoms in total. The van der Waals surface area contributed by atoms with Crippen LogP contribution in [0.3, 0.4) is 0 Å². The van der Waals surface area contributed by atoms with Crippen molar-refractivity contribution in [3.8, 4) is 16.9 Å². The van der Waals surface area contributed by atoms with Crippen molar-refractivity contribution in [3.05, 3.63) is 47.5 Å². The molecule has 0 aromatic heterocycles. The molecule has 1 atom stereocenters. The van der Waals surface area contributed by atoms with Gasteiger partial charge in [-0.2, -0.15) is 0 Å². The first kappa shape index (κ1) is 31.3. The van der Waals surface area contributed by atoms with Gasteiger partial charge in [-0.3, -0.25) is 0 Å². The van der Waals surface area contributed by atoms with Crippen LogP contribution in [0.2, 0.25) is 0 Å². The SMILES string of the molecule is COCCOc1ccc(-c2cc(NC(C)[C@H]3CC[C@H](N(C)C(=O)OC(C)(C)C)CC3)c(C)c(C(=O)OC)c2)cc1. The lowest BCUT2D eigenvalue weighted by Crippen LogP contribution is -2.43. The highest BCUT2D eigenvalue weighted by Gasteiger charge is 2.31. The minimum Gasteiger partial charge on any atom is -0.491 e. The molecular weight excluding hydrogens is 508 g/mol. The van der Waals surface area contributed by atoms with E-state index in [1.165, 1.54) is 7.11 Å². The molecule has 1 aliphatic carbocycles. The molecule has 0 saturated heterocycles. The monoisotopic (exact) mass is 554 g/mol. The summed E-state index contributed by atoms with van der Waals surface area (Å²) in [5.41, 5.74) is 3.71. The number of methoxy groups -OCH3 is 2. The summed E-state index contributed by atoms with van der Waals surface area (Å²) in [4.78, 5) is 27.0. The van der Waals surface area contributed by atoms with E-state index in [2.05, 4.69) is 18.3 Å². The quantitative estimate of drug-likeness (QED) is 0.258. The van der Waals surface area contributed by atoms with Crippen LogP contribution >= 0.6 is 0 Å². The van der Waals surface area contributed by atoms with E-state index in [4.69, 9.17) is 18.9 Å². The van der Waals surface area contributed by atoms with Gasteiger partial charge in [-0.05, 0) is 107 Å². The fourth-order valence-corrected chi connectivity index (χ4v) is 5.17. The highest BCUT2D eigenvalue weighted by Crippen LogP contribution is 2.34. The van der Waals surface area contributed by atoms with Crippen molar-refractivity contribution in [2.75, 3.05) is 39.8 Å². The van der Waals surface area contributed by atoms with Crippen molar-refractivity contribution in [1.29, 1.82) is 0 Å². The molecule has 0 radical (unpaired) electrons. The second-order valence-corrected chi connectivity index (χ2v) is 11.6. The first-order valence-corrected chi connectivity index (χ1v) is 14.1. The van der Waals surface area contributed by atoms with Crippen LogP contribution in [0.15, 0.2) is 36.4 Å². The van der Waals surface area contributed by atoms with Crippen molar-refractivity contribution < 1.29 is 28.5 Å². The molecule has 3 rings (SSSR count). The summed E-state index contributed by atoms with van der Waals surface area (Å²) >= 11 is 0. The number of anilines is 1. The van der Waals surface area contributed by atoms with E-state index in [9.17, 15) is 9.59 Å². The molecule has 0 bridgehead atoms. The fraction of sp³-hybridized carbons (Fsp3) is 0.562. The Labute approximate surface area is 239 Å². The molecule has 8 heteroatoms. The van der Waals surface area contributed by atoms with Crippen LogP contribution in [0, 0.1) is 12.8 Å². The Kier molecular flexibility index (Phi) is 10.9. The highest BCUT2D eigenvalue weighted by molar-refractivity contribution is 5.95. The Bertz CT molecular complexity index is 1130. The van der Waals surface area contributed by atoms with E-state index in [1.54, 1.807) is 12.0 Å². The zero-order chi connectivity index (χ0) is 29.4. The minimum atomic E-state index is -0.504. The molecule has 1 aliphatic rings. The molecule has 1 fully saturated rings. The number of carbonyl (C=O) groups is 2. The van der Waals surface area contributed by atoms with Gasteiger partial charge in [0.25, 0.3) is 0 Å². The minimum absolute atomic E-state index is 0.177. The molecule has 0 spiro atoms. The zero-order valence-corrected chi connectivity index (χ0v) is 25.3. The molecule has 2 aromatic rings. The van der Waals surface area contributed by atoms with Gasteiger partial charge in [0.2, 0.25) is 0 Å². The molecule has 1 amide bonds. The first-order valence-electron chi connectivity index (χ1n) is 14.1. The average molecular weight is 555 g/mol. The third-order valence-corrected chi connectivity index (χ3v) is 7.62. The normalized spacial score (nSPS) is 18.0. The van der Waals surface area contributed by atoms with E-state index in [0.29, 0.717) is 24.7 Å². The number of nitrogens with zero attached hydrogens (tertiary/aromatic N) is 1.